The Balaban J connectivity index is 1.45. The Hall–Kier alpha value is -2.28. The molecule has 3 aromatic carbocycles. The predicted octanol–water partition coefficient (Wildman–Crippen LogP) is 6.76. The molecule has 0 atom stereocenters. The highest BCUT2D eigenvalue weighted by Crippen LogP contribution is 2.28. The summed E-state index contributed by atoms with van der Waals surface area (Å²) in [6.45, 7) is 0. The number of rotatable bonds is 5. The van der Waals surface area contributed by atoms with Gasteiger partial charge < -0.3 is 0 Å². The first-order valence-corrected chi connectivity index (χ1v) is 10.5. The maximum atomic E-state index is 13.1. The molecule has 4 rings (SSSR count). The van der Waals surface area contributed by atoms with E-state index in [4.69, 9.17) is 12.2 Å². The number of benzene rings is 3. The van der Waals surface area contributed by atoms with Crippen molar-refractivity contribution < 1.29 is 4.39 Å². The molecule has 0 saturated heterocycles. The molecule has 0 aliphatic carbocycles. The first kappa shape index (κ1) is 18.1. The van der Waals surface area contributed by atoms with E-state index in [2.05, 4.69) is 41.5 Å². The minimum Gasteiger partial charge on any atom is -0.211 e. The molecule has 0 radical (unpaired) electrons. The van der Waals surface area contributed by atoms with Gasteiger partial charge >= 0.3 is 0 Å². The maximum absolute atomic E-state index is 13.1. The smallest absolute Gasteiger partial charge is 0.184 e. The minimum absolute atomic E-state index is 0.269. The fraction of sp³-hybridized carbons (Fsp3) is 0.0476. The van der Waals surface area contributed by atoms with Crippen LogP contribution in [0.2, 0.25) is 0 Å². The second-order valence-corrected chi connectivity index (χ2v) is 8.72. The van der Waals surface area contributed by atoms with Crippen molar-refractivity contribution in [1.29, 1.82) is 0 Å². The average molecular weight is 411 g/mol. The molecule has 134 valence electrons. The third-order valence-corrected chi connectivity index (χ3v) is 6.46. The number of halogens is 1. The summed E-state index contributed by atoms with van der Waals surface area (Å²) in [6.07, 6.45) is 0. The van der Waals surface area contributed by atoms with Crippen molar-refractivity contribution >= 4 is 35.3 Å². The van der Waals surface area contributed by atoms with Crippen molar-refractivity contribution in [2.45, 2.75) is 10.1 Å². The van der Waals surface area contributed by atoms with Crippen LogP contribution in [-0.4, -0.2) is 9.78 Å². The SMILES string of the molecule is Fc1ccc(-n2nc(SCc3ccc(-c4ccccc4)cc3)sc2=S)cc1. The fourth-order valence-electron chi connectivity index (χ4n) is 2.63. The van der Waals surface area contributed by atoms with E-state index in [-0.39, 0.29) is 5.82 Å². The third kappa shape index (κ3) is 4.35. The van der Waals surface area contributed by atoms with Crippen LogP contribution in [0.4, 0.5) is 4.39 Å². The normalized spacial score (nSPS) is 10.9. The van der Waals surface area contributed by atoms with Crippen molar-refractivity contribution in [3.8, 4) is 16.8 Å². The Morgan fingerprint density at radius 1 is 0.889 bits per heavy atom. The minimum atomic E-state index is -0.269. The summed E-state index contributed by atoms with van der Waals surface area (Å²) in [5.74, 6) is 0.551. The summed E-state index contributed by atoms with van der Waals surface area (Å²) in [4.78, 5) is 0. The van der Waals surface area contributed by atoms with Crippen LogP contribution in [0.15, 0.2) is 83.2 Å². The zero-order chi connectivity index (χ0) is 18.6. The summed E-state index contributed by atoms with van der Waals surface area (Å²) in [5, 5.41) is 4.56. The molecule has 2 nitrogen and oxygen atoms in total. The monoisotopic (exact) mass is 410 g/mol. The van der Waals surface area contributed by atoms with Gasteiger partial charge in [-0.25, -0.2) is 9.07 Å². The number of thioether (sulfide) groups is 1. The lowest BCUT2D eigenvalue weighted by molar-refractivity contribution is 0.627. The van der Waals surface area contributed by atoms with Crippen LogP contribution in [0.1, 0.15) is 5.56 Å². The number of nitrogens with zero attached hydrogens (tertiary/aromatic N) is 2. The first-order valence-electron chi connectivity index (χ1n) is 8.32. The quantitative estimate of drug-likeness (QED) is 0.267. The van der Waals surface area contributed by atoms with Crippen LogP contribution >= 0.6 is 35.3 Å². The van der Waals surface area contributed by atoms with Crippen LogP contribution in [0.25, 0.3) is 16.8 Å². The largest absolute Gasteiger partial charge is 0.211 e. The highest BCUT2D eigenvalue weighted by Gasteiger charge is 2.07. The molecule has 0 fully saturated rings. The topological polar surface area (TPSA) is 17.8 Å². The van der Waals surface area contributed by atoms with Gasteiger partial charge in [-0.3, -0.25) is 0 Å². The Bertz CT molecular complexity index is 1080. The number of aromatic nitrogens is 2. The molecule has 0 aliphatic heterocycles. The summed E-state index contributed by atoms with van der Waals surface area (Å²) >= 11 is 8.52. The molecule has 0 unspecified atom stereocenters. The molecule has 0 spiro atoms. The Kier molecular flexibility index (Phi) is 5.48. The fourth-order valence-corrected chi connectivity index (χ4v) is 4.95. The van der Waals surface area contributed by atoms with Gasteiger partial charge in [0.15, 0.2) is 8.29 Å². The molecule has 1 aromatic heterocycles. The van der Waals surface area contributed by atoms with Crippen molar-refractivity contribution in [3.05, 3.63) is 94.2 Å². The molecule has 4 aromatic rings. The molecular formula is C21H15FN2S3. The lowest BCUT2D eigenvalue weighted by Crippen LogP contribution is -1.96. The van der Waals surface area contributed by atoms with Gasteiger partial charge in [-0.15, -0.1) is 5.10 Å². The van der Waals surface area contributed by atoms with Gasteiger partial charge in [-0.1, -0.05) is 77.7 Å². The summed E-state index contributed by atoms with van der Waals surface area (Å²) < 4.78 is 16.3. The standard InChI is InChI=1S/C21H15FN2S3/c22-18-10-12-19(13-11-18)24-21(25)27-20(23-24)26-14-15-6-8-17(9-7-15)16-4-2-1-3-5-16/h1-13H,14H2. The van der Waals surface area contributed by atoms with Crippen LogP contribution < -0.4 is 0 Å². The molecule has 1 heterocycles. The zero-order valence-corrected chi connectivity index (χ0v) is 16.7. The van der Waals surface area contributed by atoms with E-state index < -0.39 is 0 Å². The van der Waals surface area contributed by atoms with Crippen LogP contribution in [-0.2, 0) is 5.75 Å². The Morgan fingerprint density at radius 2 is 1.56 bits per heavy atom. The second kappa shape index (κ2) is 8.17. The lowest BCUT2D eigenvalue weighted by atomic mass is 10.0. The van der Waals surface area contributed by atoms with Crippen molar-refractivity contribution in [2.24, 2.45) is 0 Å². The van der Waals surface area contributed by atoms with E-state index in [9.17, 15) is 4.39 Å². The molecule has 0 aliphatic rings. The van der Waals surface area contributed by atoms with E-state index in [1.54, 1.807) is 28.6 Å². The van der Waals surface area contributed by atoms with E-state index in [1.807, 2.05) is 18.2 Å². The number of hydrogen-bond acceptors (Lipinski definition) is 4. The van der Waals surface area contributed by atoms with Gasteiger partial charge in [0.2, 0.25) is 0 Å². The third-order valence-electron chi connectivity index (χ3n) is 4.02. The first-order chi connectivity index (χ1) is 13.2. The van der Waals surface area contributed by atoms with E-state index >= 15 is 0 Å². The van der Waals surface area contributed by atoms with Gasteiger partial charge in [-0.2, -0.15) is 0 Å². The van der Waals surface area contributed by atoms with Gasteiger partial charge in [0, 0.05) is 5.75 Å². The zero-order valence-electron chi connectivity index (χ0n) is 14.2. The molecular weight excluding hydrogens is 395 g/mol. The highest BCUT2D eigenvalue weighted by molar-refractivity contribution is 8.00. The van der Waals surface area contributed by atoms with Gasteiger partial charge in [0.05, 0.1) is 5.69 Å². The molecule has 0 bridgehead atoms. The average Bonchev–Trinajstić information content (AvgIpc) is 3.09. The molecule has 0 N–H and O–H groups in total. The van der Waals surface area contributed by atoms with E-state index in [1.165, 1.54) is 40.2 Å². The summed E-state index contributed by atoms with van der Waals surface area (Å²) in [6, 6.07) is 25.1. The van der Waals surface area contributed by atoms with Crippen LogP contribution in [0.5, 0.6) is 0 Å². The van der Waals surface area contributed by atoms with Gasteiger partial charge in [0.25, 0.3) is 0 Å². The second-order valence-electron chi connectivity index (χ2n) is 5.87. The molecule has 6 heteroatoms. The molecule has 0 amide bonds. The highest BCUT2D eigenvalue weighted by atomic mass is 32.2. The van der Waals surface area contributed by atoms with Crippen molar-refractivity contribution in [1.82, 2.24) is 9.78 Å². The molecule has 27 heavy (non-hydrogen) atoms. The predicted molar refractivity (Wildman–Crippen MR) is 114 cm³/mol. The Morgan fingerprint density at radius 3 is 2.26 bits per heavy atom. The Labute approximate surface area is 170 Å². The van der Waals surface area contributed by atoms with Crippen molar-refractivity contribution in [3.63, 3.8) is 0 Å². The van der Waals surface area contributed by atoms with Gasteiger partial charge in [0.1, 0.15) is 5.82 Å². The maximum Gasteiger partial charge on any atom is 0.184 e. The van der Waals surface area contributed by atoms with Crippen LogP contribution in [0.3, 0.4) is 0 Å². The van der Waals surface area contributed by atoms with E-state index in [0.29, 0.717) is 3.95 Å². The van der Waals surface area contributed by atoms with E-state index in [0.717, 1.165) is 15.8 Å². The summed E-state index contributed by atoms with van der Waals surface area (Å²) in [7, 11) is 0. The van der Waals surface area contributed by atoms with Crippen molar-refractivity contribution in [2.75, 3.05) is 0 Å². The lowest BCUT2D eigenvalue weighted by Gasteiger charge is -2.04. The molecule has 0 saturated carbocycles. The number of hydrogen-bond donors (Lipinski definition) is 0. The summed E-state index contributed by atoms with van der Waals surface area (Å²) in [5.41, 5.74) is 4.43. The van der Waals surface area contributed by atoms with Crippen LogP contribution in [0, 0.1) is 9.77 Å². The van der Waals surface area contributed by atoms with Gasteiger partial charge in [-0.05, 0) is 53.2 Å².